The number of esters is 1. The largest absolute Gasteiger partial charge is 0.463 e. The highest BCUT2D eigenvalue weighted by atomic mass is 16.7. The third kappa shape index (κ3) is 5.48. The highest BCUT2D eigenvalue weighted by Gasteiger charge is 2.03. The van der Waals surface area contributed by atoms with Gasteiger partial charge in [-0.3, -0.25) is 0 Å². The molecule has 0 atom stereocenters. The van der Waals surface area contributed by atoms with Crippen molar-refractivity contribution >= 4 is 17.7 Å². The summed E-state index contributed by atoms with van der Waals surface area (Å²) < 4.78 is 4.78. The van der Waals surface area contributed by atoms with Crippen molar-refractivity contribution in [1.82, 2.24) is 0 Å². The molecular formula is C15H17NO4. The lowest BCUT2D eigenvalue weighted by Crippen LogP contribution is -2.04. The van der Waals surface area contributed by atoms with E-state index in [1.165, 1.54) is 19.1 Å². The van der Waals surface area contributed by atoms with E-state index in [0.717, 1.165) is 11.1 Å². The first kappa shape index (κ1) is 15.6. The Morgan fingerprint density at radius 3 is 2.40 bits per heavy atom. The van der Waals surface area contributed by atoms with Crippen LogP contribution in [-0.2, 0) is 19.2 Å². The average molecular weight is 275 g/mol. The van der Waals surface area contributed by atoms with E-state index in [4.69, 9.17) is 4.74 Å². The first-order chi connectivity index (χ1) is 9.52. The van der Waals surface area contributed by atoms with Gasteiger partial charge in [-0.2, -0.15) is 0 Å². The van der Waals surface area contributed by atoms with Crippen molar-refractivity contribution in [3.63, 3.8) is 0 Å². The Morgan fingerprint density at radius 1 is 1.20 bits per heavy atom. The molecule has 0 bridgehead atoms. The fraction of sp³-hybridized carbons (Fsp3) is 0.267. The number of ether oxygens (including phenoxy) is 1. The molecule has 0 aliphatic carbocycles. The number of rotatable bonds is 5. The molecule has 1 rings (SSSR count). The molecule has 0 fully saturated rings. The van der Waals surface area contributed by atoms with Crippen LogP contribution in [0.25, 0.3) is 0 Å². The van der Waals surface area contributed by atoms with Gasteiger partial charge in [-0.05, 0) is 19.9 Å². The summed E-state index contributed by atoms with van der Waals surface area (Å²) in [6.07, 6.45) is 2.69. The van der Waals surface area contributed by atoms with Crippen molar-refractivity contribution in [3.8, 4) is 0 Å². The van der Waals surface area contributed by atoms with Gasteiger partial charge in [0.2, 0.25) is 0 Å². The van der Waals surface area contributed by atoms with E-state index in [1.54, 1.807) is 6.92 Å². The fourth-order valence-corrected chi connectivity index (χ4v) is 1.35. The molecule has 0 aliphatic rings. The van der Waals surface area contributed by atoms with Crippen LogP contribution in [-0.4, -0.2) is 24.3 Å². The molecule has 0 saturated carbocycles. The Balaban J connectivity index is 2.96. The van der Waals surface area contributed by atoms with E-state index in [-0.39, 0.29) is 0 Å². The number of hydrogen-bond acceptors (Lipinski definition) is 5. The van der Waals surface area contributed by atoms with E-state index in [9.17, 15) is 9.59 Å². The van der Waals surface area contributed by atoms with E-state index in [0.29, 0.717) is 12.3 Å². The summed E-state index contributed by atoms with van der Waals surface area (Å²) in [4.78, 5) is 26.8. The summed E-state index contributed by atoms with van der Waals surface area (Å²) in [5.41, 5.74) is 2.20. The maximum atomic E-state index is 11.3. The molecule has 0 aromatic heterocycles. The lowest BCUT2D eigenvalue weighted by molar-refractivity contribution is -0.141. The van der Waals surface area contributed by atoms with E-state index in [1.807, 2.05) is 31.2 Å². The van der Waals surface area contributed by atoms with Gasteiger partial charge in [0, 0.05) is 18.6 Å². The maximum Gasteiger partial charge on any atom is 0.332 e. The molecule has 0 saturated heterocycles. The predicted molar refractivity (Wildman–Crippen MR) is 75.3 cm³/mol. The first-order valence-electron chi connectivity index (χ1n) is 6.20. The minimum absolute atomic E-state index is 0.296. The quantitative estimate of drug-likeness (QED) is 0.272. The third-order valence-electron chi connectivity index (χ3n) is 2.28. The number of hydrogen-bond donors (Lipinski definition) is 0. The van der Waals surface area contributed by atoms with Crippen LogP contribution in [0.5, 0.6) is 0 Å². The second kappa shape index (κ2) is 7.89. The van der Waals surface area contributed by atoms with Gasteiger partial charge in [-0.15, -0.1) is 0 Å². The highest BCUT2D eigenvalue weighted by molar-refractivity contribution is 6.10. The zero-order valence-electron chi connectivity index (χ0n) is 11.8. The second-order valence-corrected chi connectivity index (χ2v) is 4.01. The highest BCUT2D eigenvalue weighted by Crippen LogP contribution is 2.06. The molecule has 106 valence electrons. The van der Waals surface area contributed by atoms with Gasteiger partial charge in [0.1, 0.15) is 5.71 Å². The molecule has 0 aliphatic heterocycles. The Labute approximate surface area is 117 Å². The van der Waals surface area contributed by atoms with Crippen LogP contribution in [0.15, 0.2) is 41.6 Å². The van der Waals surface area contributed by atoms with Crippen LogP contribution in [0.1, 0.15) is 25.0 Å². The van der Waals surface area contributed by atoms with E-state index < -0.39 is 11.9 Å². The van der Waals surface area contributed by atoms with Crippen molar-refractivity contribution in [2.24, 2.45) is 5.16 Å². The summed E-state index contributed by atoms with van der Waals surface area (Å²) in [5.74, 6) is -1.01. The monoisotopic (exact) mass is 275 g/mol. The number of oxime groups is 1. The minimum Gasteiger partial charge on any atom is -0.463 e. The van der Waals surface area contributed by atoms with Gasteiger partial charge < -0.3 is 9.57 Å². The molecule has 1 aromatic rings. The Kier molecular flexibility index (Phi) is 6.16. The number of aryl methyl sites for hydroxylation is 1. The van der Waals surface area contributed by atoms with Crippen molar-refractivity contribution in [3.05, 3.63) is 47.5 Å². The molecule has 0 amide bonds. The Bertz CT molecular complexity index is 529. The lowest BCUT2D eigenvalue weighted by Gasteiger charge is -2.02. The minimum atomic E-state index is -0.529. The van der Waals surface area contributed by atoms with Crippen LogP contribution in [0.2, 0.25) is 0 Å². The zero-order chi connectivity index (χ0) is 15.0. The molecule has 1 aromatic carbocycles. The van der Waals surface area contributed by atoms with E-state index >= 15 is 0 Å². The van der Waals surface area contributed by atoms with Crippen LogP contribution in [0, 0.1) is 6.92 Å². The number of benzene rings is 1. The van der Waals surface area contributed by atoms with Gasteiger partial charge in [0.15, 0.2) is 0 Å². The normalized spacial score (nSPS) is 11.4. The van der Waals surface area contributed by atoms with Crippen molar-refractivity contribution in [2.75, 3.05) is 6.61 Å². The molecule has 0 spiro atoms. The van der Waals surface area contributed by atoms with Gasteiger partial charge in [-0.25, -0.2) is 9.59 Å². The average Bonchev–Trinajstić information content (AvgIpc) is 2.40. The van der Waals surface area contributed by atoms with Gasteiger partial charge in [0.05, 0.1) is 6.61 Å². The van der Waals surface area contributed by atoms with Crippen molar-refractivity contribution in [1.29, 1.82) is 0 Å². The van der Waals surface area contributed by atoms with Crippen LogP contribution in [0.3, 0.4) is 0 Å². The lowest BCUT2D eigenvalue weighted by atomic mass is 10.1. The predicted octanol–water partition coefficient (Wildman–Crippen LogP) is 2.38. The SMILES string of the molecule is CCOC(=O)/C=C/C(=N\OC(C)=O)c1ccc(C)cc1. The van der Waals surface area contributed by atoms with Crippen LogP contribution in [0.4, 0.5) is 0 Å². The molecule has 5 nitrogen and oxygen atoms in total. The molecule has 5 heteroatoms. The topological polar surface area (TPSA) is 65.0 Å². The van der Waals surface area contributed by atoms with Crippen molar-refractivity contribution in [2.45, 2.75) is 20.8 Å². The Hall–Kier alpha value is -2.43. The maximum absolute atomic E-state index is 11.3. The molecule has 0 unspecified atom stereocenters. The van der Waals surface area contributed by atoms with Gasteiger partial charge in [-0.1, -0.05) is 35.0 Å². The molecule has 20 heavy (non-hydrogen) atoms. The fourth-order valence-electron chi connectivity index (χ4n) is 1.35. The number of carbonyl (C=O) groups excluding carboxylic acids is 2. The molecule has 0 heterocycles. The summed E-state index contributed by atoms with van der Waals surface area (Å²) in [7, 11) is 0. The summed E-state index contributed by atoms with van der Waals surface area (Å²) in [5, 5.41) is 3.73. The van der Waals surface area contributed by atoms with Gasteiger partial charge >= 0.3 is 11.9 Å². The first-order valence-corrected chi connectivity index (χ1v) is 6.20. The summed E-state index contributed by atoms with van der Waals surface area (Å²) >= 11 is 0. The van der Waals surface area contributed by atoms with Crippen LogP contribution < -0.4 is 0 Å². The Morgan fingerprint density at radius 2 is 1.85 bits per heavy atom. The number of allylic oxidation sites excluding steroid dienone is 1. The second-order valence-electron chi connectivity index (χ2n) is 4.01. The number of carbonyl (C=O) groups is 2. The smallest absolute Gasteiger partial charge is 0.332 e. The van der Waals surface area contributed by atoms with Crippen LogP contribution >= 0.6 is 0 Å². The third-order valence-corrected chi connectivity index (χ3v) is 2.28. The van der Waals surface area contributed by atoms with Crippen molar-refractivity contribution < 1.29 is 19.2 Å². The molecular weight excluding hydrogens is 258 g/mol. The summed E-state index contributed by atoms with van der Waals surface area (Å²) in [6.45, 7) is 5.23. The molecule has 0 radical (unpaired) electrons. The standard InChI is InChI=1S/C15H17NO4/c1-4-19-15(18)10-9-14(16-20-12(3)17)13-7-5-11(2)6-8-13/h5-10H,4H2,1-3H3/b10-9+,16-14+. The number of nitrogens with zero attached hydrogens (tertiary/aromatic N) is 1. The summed E-state index contributed by atoms with van der Waals surface area (Å²) in [6, 6.07) is 7.45. The van der Waals surface area contributed by atoms with E-state index in [2.05, 4.69) is 9.99 Å². The van der Waals surface area contributed by atoms with Gasteiger partial charge in [0.25, 0.3) is 0 Å². The zero-order valence-corrected chi connectivity index (χ0v) is 11.8. The molecule has 0 N–H and O–H groups in total.